The van der Waals surface area contributed by atoms with E-state index < -0.39 is 0 Å². The Morgan fingerprint density at radius 2 is 2.28 bits per heavy atom. The predicted molar refractivity (Wildman–Crippen MR) is 74.5 cm³/mol. The summed E-state index contributed by atoms with van der Waals surface area (Å²) >= 11 is 1.49. The zero-order chi connectivity index (χ0) is 13.2. The molecule has 2 rings (SSSR count). The van der Waals surface area contributed by atoms with Crippen molar-refractivity contribution in [2.75, 3.05) is 6.26 Å². The zero-order valence-corrected chi connectivity index (χ0v) is 11.9. The lowest BCUT2D eigenvalue weighted by Gasteiger charge is -2.18. The van der Waals surface area contributed by atoms with Crippen molar-refractivity contribution >= 4 is 23.3 Å². The Balaban J connectivity index is 2.40. The van der Waals surface area contributed by atoms with Crippen LogP contribution in [0.2, 0.25) is 0 Å². The van der Waals surface area contributed by atoms with E-state index in [0.717, 1.165) is 6.42 Å². The number of thioether (sulfide) groups is 1. The molecule has 1 aromatic heterocycles. The predicted octanol–water partition coefficient (Wildman–Crippen LogP) is 2.97. The molecule has 0 atom stereocenters. The Bertz CT molecular complexity index is 471. The SMILES string of the molecule is CSc1ncc(CO)c(N=C2CCCC2(C)C)n1. The highest BCUT2D eigenvalue weighted by molar-refractivity contribution is 7.98. The van der Waals surface area contributed by atoms with Gasteiger partial charge >= 0.3 is 0 Å². The molecule has 0 amide bonds. The van der Waals surface area contributed by atoms with Crippen LogP contribution in [0, 0.1) is 5.41 Å². The number of rotatable bonds is 3. The molecule has 1 N–H and O–H groups in total. The van der Waals surface area contributed by atoms with Crippen molar-refractivity contribution in [1.82, 2.24) is 9.97 Å². The van der Waals surface area contributed by atoms with Gasteiger partial charge in [-0.15, -0.1) is 0 Å². The lowest BCUT2D eigenvalue weighted by Crippen LogP contribution is -2.16. The summed E-state index contributed by atoms with van der Waals surface area (Å²) in [7, 11) is 0. The second kappa shape index (κ2) is 5.36. The minimum Gasteiger partial charge on any atom is -0.391 e. The third-order valence-corrected chi connectivity index (χ3v) is 3.97. The number of aromatic nitrogens is 2. The van der Waals surface area contributed by atoms with Gasteiger partial charge in [0.1, 0.15) is 0 Å². The fraction of sp³-hybridized carbons (Fsp3) is 0.615. The molecule has 1 aromatic rings. The summed E-state index contributed by atoms with van der Waals surface area (Å²) in [4.78, 5) is 13.2. The number of hydrogen-bond acceptors (Lipinski definition) is 5. The normalized spacial score (nSPS) is 20.6. The number of aliphatic imine (C=N–C) groups is 1. The second-order valence-electron chi connectivity index (χ2n) is 5.16. The van der Waals surface area contributed by atoms with Crippen LogP contribution in [0.4, 0.5) is 5.82 Å². The van der Waals surface area contributed by atoms with Gasteiger partial charge in [0.25, 0.3) is 0 Å². The first-order valence-electron chi connectivity index (χ1n) is 6.15. The van der Waals surface area contributed by atoms with Gasteiger partial charge in [-0.05, 0) is 25.5 Å². The fourth-order valence-corrected chi connectivity index (χ4v) is 2.54. The molecule has 0 radical (unpaired) electrons. The maximum Gasteiger partial charge on any atom is 0.189 e. The molecule has 0 unspecified atom stereocenters. The molecule has 0 aliphatic heterocycles. The van der Waals surface area contributed by atoms with E-state index >= 15 is 0 Å². The molecule has 1 aliphatic carbocycles. The van der Waals surface area contributed by atoms with Crippen LogP contribution in [0.1, 0.15) is 38.7 Å². The van der Waals surface area contributed by atoms with Gasteiger partial charge in [0.2, 0.25) is 0 Å². The maximum absolute atomic E-state index is 9.33. The third kappa shape index (κ3) is 2.72. The topological polar surface area (TPSA) is 58.4 Å². The zero-order valence-electron chi connectivity index (χ0n) is 11.1. The summed E-state index contributed by atoms with van der Waals surface area (Å²) < 4.78 is 0. The summed E-state index contributed by atoms with van der Waals surface area (Å²) in [6.45, 7) is 4.36. The van der Waals surface area contributed by atoms with E-state index in [1.54, 1.807) is 6.20 Å². The Kier molecular flexibility index (Phi) is 4.02. The van der Waals surface area contributed by atoms with Gasteiger partial charge in [-0.2, -0.15) is 0 Å². The first kappa shape index (κ1) is 13.5. The van der Waals surface area contributed by atoms with E-state index in [1.807, 2.05) is 6.26 Å². The van der Waals surface area contributed by atoms with Crippen LogP contribution in [0.25, 0.3) is 0 Å². The molecule has 1 saturated carbocycles. The second-order valence-corrected chi connectivity index (χ2v) is 5.93. The molecule has 18 heavy (non-hydrogen) atoms. The summed E-state index contributed by atoms with van der Waals surface area (Å²) in [5, 5.41) is 10.0. The first-order valence-corrected chi connectivity index (χ1v) is 7.38. The number of hydrogen-bond donors (Lipinski definition) is 1. The van der Waals surface area contributed by atoms with E-state index in [2.05, 4.69) is 28.8 Å². The highest BCUT2D eigenvalue weighted by Crippen LogP contribution is 2.36. The van der Waals surface area contributed by atoms with Gasteiger partial charge in [-0.3, -0.25) is 0 Å². The van der Waals surface area contributed by atoms with Gasteiger partial charge in [0.05, 0.1) is 6.61 Å². The monoisotopic (exact) mass is 265 g/mol. The molecular weight excluding hydrogens is 246 g/mol. The Hall–Kier alpha value is -0.940. The molecule has 1 heterocycles. The Morgan fingerprint density at radius 1 is 1.50 bits per heavy atom. The molecule has 98 valence electrons. The van der Waals surface area contributed by atoms with Crippen LogP contribution in [-0.2, 0) is 6.61 Å². The van der Waals surface area contributed by atoms with Gasteiger partial charge < -0.3 is 5.11 Å². The Labute approximate surface area is 112 Å². The van der Waals surface area contributed by atoms with E-state index in [0.29, 0.717) is 16.5 Å². The van der Waals surface area contributed by atoms with Crippen molar-refractivity contribution in [3.05, 3.63) is 11.8 Å². The smallest absolute Gasteiger partial charge is 0.189 e. The van der Waals surface area contributed by atoms with Crippen LogP contribution < -0.4 is 0 Å². The van der Waals surface area contributed by atoms with E-state index in [9.17, 15) is 5.11 Å². The first-order chi connectivity index (χ1) is 8.56. The minimum absolute atomic E-state index is 0.0683. The van der Waals surface area contributed by atoms with Gasteiger partial charge in [-0.1, -0.05) is 25.6 Å². The van der Waals surface area contributed by atoms with Crippen molar-refractivity contribution in [2.24, 2.45) is 10.4 Å². The molecule has 0 saturated heterocycles. The largest absolute Gasteiger partial charge is 0.391 e. The molecule has 0 bridgehead atoms. The van der Waals surface area contributed by atoms with Crippen LogP contribution >= 0.6 is 11.8 Å². The van der Waals surface area contributed by atoms with Crippen molar-refractivity contribution in [3.63, 3.8) is 0 Å². The molecule has 0 aromatic carbocycles. The summed E-state index contributed by atoms with van der Waals surface area (Å²) in [5.74, 6) is 0.627. The standard InChI is InChI=1S/C13H19N3OS/c1-13(2)6-4-5-10(13)15-11-9(8-17)7-14-12(16-11)18-3/h7,17H,4-6,8H2,1-3H3. The molecule has 4 nitrogen and oxygen atoms in total. The van der Waals surface area contributed by atoms with Gasteiger partial charge in [-0.25, -0.2) is 15.0 Å². The summed E-state index contributed by atoms with van der Waals surface area (Å²) in [6.07, 6.45) is 6.97. The van der Waals surface area contributed by atoms with Crippen molar-refractivity contribution < 1.29 is 5.11 Å². The van der Waals surface area contributed by atoms with Crippen molar-refractivity contribution in [2.45, 2.75) is 44.9 Å². The minimum atomic E-state index is -0.0683. The third-order valence-electron chi connectivity index (χ3n) is 3.41. The molecule has 5 heteroatoms. The average Bonchev–Trinajstić information content (AvgIpc) is 2.68. The fourth-order valence-electron chi connectivity index (χ4n) is 2.20. The molecular formula is C13H19N3OS. The van der Waals surface area contributed by atoms with E-state index in [1.165, 1.54) is 30.3 Å². The highest BCUT2D eigenvalue weighted by atomic mass is 32.2. The van der Waals surface area contributed by atoms with Crippen LogP contribution in [-0.4, -0.2) is 27.0 Å². The van der Waals surface area contributed by atoms with Gasteiger partial charge in [0, 0.05) is 22.9 Å². The van der Waals surface area contributed by atoms with Crippen molar-refractivity contribution in [1.29, 1.82) is 0 Å². The van der Waals surface area contributed by atoms with Crippen LogP contribution in [0.5, 0.6) is 0 Å². The number of nitrogens with zero attached hydrogens (tertiary/aromatic N) is 3. The van der Waals surface area contributed by atoms with Gasteiger partial charge in [0.15, 0.2) is 11.0 Å². The molecule has 0 spiro atoms. The lowest BCUT2D eigenvalue weighted by molar-refractivity contribution is 0.281. The highest BCUT2D eigenvalue weighted by Gasteiger charge is 2.30. The summed E-state index contributed by atoms with van der Waals surface area (Å²) in [5.41, 5.74) is 2.03. The van der Waals surface area contributed by atoms with Crippen LogP contribution in [0.15, 0.2) is 16.3 Å². The Morgan fingerprint density at radius 3 is 2.83 bits per heavy atom. The van der Waals surface area contributed by atoms with Crippen LogP contribution in [0.3, 0.4) is 0 Å². The molecule has 1 fully saturated rings. The van der Waals surface area contributed by atoms with E-state index in [4.69, 9.17) is 0 Å². The average molecular weight is 265 g/mol. The molecule has 1 aliphatic rings. The number of aliphatic hydroxyl groups is 1. The maximum atomic E-state index is 9.33. The van der Waals surface area contributed by atoms with E-state index in [-0.39, 0.29) is 12.0 Å². The quantitative estimate of drug-likeness (QED) is 0.674. The van der Waals surface area contributed by atoms with Crippen molar-refractivity contribution in [3.8, 4) is 0 Å². The summed E-state index contributed by atoms with van der Waals surface area (Å²) in [6, 6.07) is 0. The lowest BCUT2D eigenvalue weighted by atomic mass is 9.90. The number of aliphatic hydroxyl groups excluding tert-OH is 1.